The van der Waals surface area contributed by atoms with Gasteiger partial charge in [-0.2, -0.15) is 13.2 Å². The highest BCUT2D eigenvalue weighted by molar-refractivity contribution is 6.33. The highest BCUT2D eigenvalue weighted by atomic mass is 35.5. The first kappa shape index (κ1) is 14.9. The minimum absolute atomic E-state index is 0.139. The molecule has 0 amide bonds. The summed E-state index contributed by atoms with van der Waals surface area (Å²) in [5.74, 6) is 5.51. The second kappa shape index (κ2) is 5.14. The number of pyridine rings is 1. The number of alkyl halides is 3. The summed E-state index contributed by atoms with van der Waals surface area (Å²) in [5, 5.41) is 0.139. The number of halogens is 4. The SMILES string of the molecule is [C-]#[N+]c1c(C(F)(F)F)cc(-c2ccccc2Cl)n(N)c1=O. The summed E-state index contributed by atoms with van der Waals surface area (Å²) in [5.41, 5.74) is -3.68. The van der Waals surface area contributed by atoms with Gasteiger partial charge in [0.1, 0.15) is 0 Å². The molecule has 8 heteroatoms. The van der Waals surface area contributed by atoms with Crippen molar-refractivity contribution in [3.05, 3.63) is 62.7 Å². The van der Waals surface area contributed by atoms with Gasteiger partial charge >= 0.3 is 6.18 Å². The fourth-order valence-electron chi connectivity index (χ4n) is 1.81. The Balaban J connectivity index is 2.88. The highest BCUT2D eigenvalue weighted by Crippen LogP contribution is 2.37. The van der Waals surface area contributed by atoms with E-state index in [1.165, 1.54) is 12.1 Å². The van der Waals surface area contributed by atoms with Crippen LogP contribution in [-0.2, 0) is 6.18 Å². The molecule has 1 aromatic carbocycles. The molecule has 0 aliphatic carbocycles. The molecule has 0 aliphatic rings. The van der Waals surface area contributed by atoms with Crippen LogP contribution in [0.25, 0.3) is 16.1 Å². The van der Waals surface area contributed by atoms with Crippen molar-refractivity contribution in [1.29, 1.82) is 0 Å². The molecule has 0 bridgehead atoms. The van der Waals surface area contributed by atoms with Crippen LogP contribution in [0.1, 0.15) is 5.56 Å². The molecule has 0 saturated heterocycles. The van der Waals surface area contributed by atoms with Crippen LogP contribution in [-0.4, -0.2) is 4.68 Å². The Kier molecular flexibility index (Phi) is 3.66. The van der Waals surface area contributed by atoms with Crippen molar-refractivity contribution in [2.75, 3.05) is 5.84 Å². The van der Waals surface area contributed by atoms with Crippen molar-refractivity contribution in [2.24, 2.45) is 0 Å². The Morgan fingerprint density at radius 2 is 1.90 bits per heavy atom. The summed E-state index contributed by atoms with van der Waals surface area (Å²) in [4.78, 5) is 14.5. The fourth-order valence-corrected chi connectivity index (χ4v) is 2.05. The van der Waals surface area contributed by atoms with Crippen LogP contribution in [0.3, 0.4) is 0 Å². The summed E-state index contributed by atoms with van der Waals surface area (Å²) >= 11 is 5.91. The van der Waals surface area contributed by atoms with E-state index in [-0.39, 0.29) is 16.3 Å². The van der Waals surface area contributed by atoms with Crippen molar-refractivity contribution >= 4 is 17.3 Å². The van der Waals surface area contributed by atoms with Crippen molar-refractivity contribution in [1.82, 2.24) is 4.68 Å². The van der Waals surface area contributed by atoms with Crippen molar-refractivity contribution in [2.45, 2.75) is 6.18 Å². The lowest BCUT2D eigenvalue weighted by atomic mass is 10.1. The Morgan fingerprint density at radius 1 is 1.29 bits per heavy atom. The molecular weight excluding hydrogens is 307 g/mol. The lowest BCUT2D eigenvalue weighted by Crippen LogP contribution is -2.30. The number of nitrogens with two attached hydrogens (primary N) is 1. The largest absolute Gasteiger partial charge is 0.407 e. The van der Waals surface area contributed by atoms with E-state index in [0.29, 0.717) is 10.7 Å². The first-order valence-corrected chi connectivity index (χ1v) is 5.90. The topological polar surface area (TPSA) is 52.4 Å². The average molecular weight is 314 g/mol. The molecule has 0 aliphatic heterocycles. The van der Waals surface area contributed by atoms with Crippen LogP contribution in [0.4, 0.5) is 18.9 Å². The zero-order valence-corrected chi connectivity index (χ0v) is 11.0. The van der Waals surface area contributed by atoms with Crippen molar-refractivity contribution < 1.29 is 13.2 Å². The van der Waals surface area contributed by atoms with Gasteiger partial charge in [0, 0.05) is 10.6 Å². The standard InChI is InChI=1S/C13H7ClF3N3O/c1-19-11-8(13(15,16)17)6-10(20(18)12(11)21)7-4-2-3-5-9(7)14/h2-6H,18H2. The van der Waals surface area contributed by atoms with Crippen LogP contribution in [0.5, 0.6) is 0 Å². The number of hydrogen-bond acceptors (Lipinski definition) is 2. The average Bonchev–Trinajstić information content (AvgIpc) is 2.41. The zero-order chi connectivity index (χ0) is 15.8. The normalized spacial score (nSPS) is 11.2. The van der Waals surface area contributed by atoms with Crippen LogP contribution in [0.2, 0.25) is 5.02 Å². The van der Waals surface area contributed by atoms with E-state index in [2.05, 4.69) is 4.85 Å². The van der Waals surface area contributed by atoms with Gasteiger partial charge in [-0.3, -0.25) is 4.79 Å². The molecule has 1 heterocycles. The second-order valence-corrected chi connectivity index (χ2v) is 4.46. The van der Waals surface area contributed by atoms with Crippen LogP contribution in [0.15, 0.2) is 35.1 Å². The third kappa shape index (κ3) is 2.58. The van der Waals surface area contributed by atoms with Gasteiger partial charge in [-0.05, 0) is 12.1 Å². The molecule has 4 nitrogen and oxygen atoms in total. The van der Waals surface area contributed by atoms with Crippen LogP contribution >= 0.6 is 11.6 Å². The maximum Gasteiger partial charge on any atom is 0.407 e. The quantitative estimate of drug-likeness (QED) is 0.647. The lowest BCUT2D eigenvalue weighted by Gasteiger charge is -2.15. The van der Waals surface area contributed by atoms with Crippen molar-refractivity contribution in [3.63, 3.8) is 0 Å². The molecule has 1 aromatic heterocycles. The molecule has 21 heavy (non-hydrogen) atoms. The smallest absolute Gasteiger partial charge is 0.337 e. The second-order valence-electron chi connectivity index (χ2n) is 4.06. The third-order valence-electron chi connectivity index (χ3n) is 2.78. The molecule has 2 aromatic rings. The molecule has 0 saturated carbocycles. The van der Waals surface area contributed by atoms with E-state index in [1.54, 1.807) is 12.1 Å². The van der Waals surface area contributed by atoms with Gasteiger partial charge in [0.25, 0.3) is 11.2 Å². The zero-order valence-electron chi connectivity index (χ0n) is 10.3. The van der Waals surface area contributed by atoms with Gasteiger partial charge in [-0.15, -0.1) is 0 Å². The first-order chi connectivity index (χ1) is 9.77. The summed E-state index contributed by atoms with van der Waals surface area (Å²) in [7, 11) is 0. The molecule has 0 atom stereocenters. The summed E-state index contributed by atoms with van der Waals surface area (Å²) < 4.78 is 39.4. The highest BCUT2D eigenvalue weighted by Gasteiger charge is 2.36. The Hall–Kier alpha value is -2.46. The summed E-state index contributed by atoms with van der Waals surface area (Å²) in [6, 6.07) is 6.66. The summed E-state index contributed by atoms with van der Waals surface area (Å²) in [6.07, 6.45) is -4.84. The Morgan fingerprint density at radius 3 is 2.43 bits per heavy atom. The first-order valence-electron chi connectivity index (χ1n) is 5.52. The number of nitrogens with zero attached hydrogens (tertiary/aromatic N) is 2. The van der Waals surface area contributed by atoms with Crippen LogP contribution in [0, 0.1) is 6.57 Å². The van der Waals surface area contributed by atoms with E-state index in [4.69, 9.17) is 24.0 Å². The van der Waals surface area contributed by atoms with Crippen molar-refractivity contribution in [3.8, 4) is 11.3 Å². The fraction of sp³-hybridized carbons (Fsp3) is 0.0769. The molecule has 0 fully saturated rings. The Bertz CT molecular complexity index is 806. The number of hydrogen-bond donors (Lipinski definition) is 1. The number of nitrogen functional groups attached to an aromatic ring is 1. The van der Waals surface area contributed by atoms with E-state index >= 15 is 0 Å². The molecular formula is C13H7ClF3N3O. The number of benzene rings is 1. The lowest BCUT2D eigenvalue weighted by molar-refractivity contribution is -0.136. The van der Waals surface area contributed by atoms with E-state index in [1.807, 2.05) is 0 Å². The molecule has 108 valence electrons. The number of rotatable bonds is 1. The Labute approximate surface area is 122 Å². The molecule has 0 radical (unpaired) electrons. The summed E-state index contributed by atoms with van der Waals surface area (Å²) in [6.45, 7) is 6.75. The van der Waals surface area contributed by atoms with E-state index < -0.39 is 23.0 Å². The van der Waals surface area contributed by atoms with Gasteiger partial charge in [0.05, 0.1) is 17.8 Å². The van der Waals surface area contributed by atoms with Gasteiger partial charge in [0.2, 0.25) is 0 Å². The maximum atomic E-state index is 13.0. The molecule has 0 spiro atoms. The van der Waals surface area contributed by atoms with E-state index in [9.17, 15) is 18.0 Å². The van der Waals surface area contributed by atoms with Gasteiger partial charge in [0.15, 0.2) is 0 Å². The van der Waals surface area contributed by atoms with E-state index in [0.717, 1.165) is 0 Å². The van der Waals surface area contributed by atoms with Crippen LogP contribution < -0.4 is 11.4 Å². The van der Waals surface area contributed by atoms with Gasteiger partial charge in [-0.25, -0.2) is 9.52 Å². The molecule has 2 N–H and O–H groups in total. The minimum atomic E-state index is -4.84. The minimum Gasteiger partial charge on any atom is -0.337 e. The monoisotopic (exact) mass is 313 g/mol. The predicted octanol–water partition coefficient (Wildman–Crippen LogP) is 3.45. The molecule has 2 rings (SSSR count). The van der Waals surface area contributed by atoms with Gasteiger partial charge in [-0.1, -0.05) is 29.8 Å². The predicted molar refractivity (Wildman–Crippen MR) is 72.6 cm³/mol. The maximum absolute atomic E-state index is 13.0. The number of aromatic nitrogens is 1. The third-order valence-corrected chi connectivity index (χ3v) is 3.11. The van der Waals surface area contributed by atoms with Gasteiger partial charge < -0.3 is 5.84 Å². The molecule has 0 unspecified atom stereocenters.